The van der Waals surface area contributed by atoms with Crippen molar-refractivity contribution in [3.8, 4) is 11.3 Å². The van der Waals surface area contributed by atoms with Gasteiger partial charge in [-0.15, -0.1) is 10.2 Å². The van der Waals surface area contributed by atoms with E-state index < -0.39 is 0 Å². The van der Waals surface area contributed by atoms with Crippen LogP contribution in [0.25, 0.3) is 11.3 Å². The van der Waals surface area contributed by atoms with Crippen molar-refractivity contribution in [3.63, 3.8) is 0 Å². The van der Waals surface area contributed by atoms with Gasteiger partial charge in [0, 0.05) is 24.4 Å². The molecule has 0 unspecified atom stereocenters. The van der Waals surface area contributed by atoms with Gasteiger partial charge in [0.25, 0.3) is 0 Å². The van der Waals surface area contributed by atoms with Crippen molar-refractivity contribution in [2.75, 3.05) is 13.7 Å². The summed E-state index contributed by atoms with van der Waals surface area (Å²) in [4.78, 5) is 4.44. The quantitative estimate of drug-likeness (QED) is 0.849. The minimum Gasteiger partial charge on any atom is -0.377 e. The highest BCUT2D eigenvalue weighted by molar-refractivity contribution is 6.11. The summed E-state index contributed by atoms with van der Waals surface area (Å²) in [6.07, 6.45) is 1.76. The number of benzene rings is 1. The third kappa shape index (κ3) is 2.57. The van der Waals surface area contributed by atoms with Crippen molar-refractivity contribution in [2.24, 2.45) is 10.2 Å². The van der Waals surface area contributed by atoms with Gasteiger partial charge in [0.2, 0.25) is 0 Å². The second-order valence-electron chi connectivity index (χ2n) is 4.28. The highest BCUT2D eigenvalue weighted by Gasteiger charge is 2.15. The zero-order valence-electron chi connectivity index (χ0n) is 11.0. The van der Waals surface area contributed by atoms with Crippen LogP contribution in [0.2, 0.25) is 0 Å². The summed E-state index contributed by atoms with van der Waals surface area (Å²) in [6, 6.07) is 13.9. The van der Waals surface area contributed by atoms with E-state index in [1.54, 1.807) is 13.3 Å². The second-order valence-corrected chi connectivity index (χ2v) is 4.28. The van der Waals surface area contributed by atoms with Gasteiger partial charge in [-0.2, -0.15) is 0 Å². The molecule has 0 saturated heterocycles. The predicted octanol–water partition coefficient (Wildman–Crippen LogP) is 2.07. The van der Waals surface area contributed by atoms with Crippen LogP contribution in [0.4, 0.5) is 0 Å². The fraction of sp³-hybridized carbons (Fsp3) is 0.133. The third-order valence-electron chi connectivity index (χ3n) is 2.86. The molecule has 2 heterocycles. The van der Waals surface area contributed by atoms with Gasteiger partial charge in [0.15, 0.2) is 11.7 Å². The molecule has 0 saturated carbocycles. The molecule has 99 valence electrons. The molecule has 0 spiro atoms. The molecule has 5 heteroatoms. The number of hydrogen-bond acceptors (Lipinski definition) is 4. The number of rotatable bonds is 4. The first-order valence-electron chi connectivity index (χ1n) is 6.24. The molecule has 1 aromatic carbocycles. The van der Waals surface area contributed by atoms with E-state index in [-0.39, 0.29) is 0 Å². The molecule has 1 aliphatic rings. The van der Waals surface area contributed by atoms with Crippen molar-refractivity contribution in [2.45, 2.75) is 0 Å². The Morgan fingerprint density at radius 2 is 1.80 bits per heavy atom. The largest absolute Gasteiger partial charge is 0.377 e. The fourth-order valence-corrected chi connectivity index (χ4v) is 1.89. The summed E-state index contributed by atoms with van der Waals surface area (Å²) in [7, 11) is 1.60. The Balaban J connectivity index is 1.75. The van der Waals surface area contributed by atoms with Crippen LogP contribution in [-0.4, -0.2) is 30.4 Å². The van der Waals surface area contributed by atoms with Gasteiger partial charge in [-0.3, -0.25) is 4.98 Å². The number of ether oxygens (including phenoxy) is 1. The first-order chi connectivity index (χ1) is 9.86. The standard InChI is InChI=1S/C15H13N4O/c1-20-10-14-17-15(19-18-14)12-7-8-13(16-9-12)11-5-3-2-4-6-11/h2-9H,10H2,1H3. The van der Waals surface area contributed by atoms with Crippen LogP contribution in [0.3, 0.4) is 0 Å². The summed E-state index contributed by atoms with van der Waals surface area (Å²) >= 11 is 0. The molecule has 5 nitrogen and oxygen atoms in total. The van der Waals surface area contributed by atoms with Gasteiger partial charge in [-0.25, -0.2) is 5.32 Å². The van der Waals surface area contributed by atoms with Crippen LogP contribution in [0.15, 0.2) is 58.9 Å². The minimum absolute atomic E-state index is 0.364. The number of aromatic nitrogens is 1. The molecule has 1 aromatic heterocycles. The molecule has 0 aliphatic carbocycles. The molecular formula is C15H13N4O. The lowest BCUT2D eigenvalue weighted by molar-refractivity contribution is 0.243. The number of amidine groups is 2. The van der Waals surface area contributed by atoms with E-state index in [4.69, 9.17) is 4.74 Å². The van der Waals surface area contributed by atoms with Gasteiger partial charge in [0.1, 0.15) is 6.61 Å². The van der Waals surface area contributed by atoms with Crippen molar-refractivity contribution in [3.05, 3.63) is 54.2 Å². The lowest BCUT2D eigenvalue weighted by atomic mass is 10.1. The number of hydrogen-bond donors (Lipinski definition) is 0. The number of pyridine rings is 1. The summed E-state index contributed by atoms with van der Waals surface area (Å²) in [5.74, 6) is 1.15. The van der Waals surface area contributed by atoms with E-state index in [1.807, 2.05) is 42.5 Å². The Morgan fingerprint density at radius 3 is 2.50 bits per heavy atom. The molecular weight excluding hydrogens is 252 g/mol. The van der Waals surface area contributed by atoms with Crippen LogP contribution in [0, 0.1) is 0 Å². The molecule has 20 heavy (non-hydrogen) atoms. The zero-order chi connectivity index (χ0) is 13.8. The zero-order valence-corrected chi connectivity index (χ0v) is 11.0. The maximum atomic E-state index is 4.97. The van der Waals surface area contributed by atoms with E-state index in [0.29, 0.717) is 18.3 Å². The smallest absolute Gasteiger partial charge is 0.185 e. The normalized spacial score (nSPS) is 13.7. The lowest BCUT2D eigenvalue weighted by Gasteiger charge is -2.03. The monoisotopic (exact) mass is 265 g/mol. The van der Waals surface area contributed by atoms with Crippen molar-refractivity contribution in [1.29, 1.82) is 0 Å². The third-order valence-corrected chi connectivity index (χ3v) is 2.86. The van der Waals surface area contributed by atoms with Crippen LogP contribution < -0.4 is 5.32 Å². The maximum Gasteiger partial charge on any atom is 0.185 e. The Kier molecular flexibility index (Phi) is 3.52. The first kappa shape index (κ1) is 12.5. The summed E-state index contributed by atoms with van der Waals surface area (Å²) in [5, 5.41) is 12.3. The van der Waals surface area contributed by atoms with Crippen molar-refractivity contribution in [1.82, 2.24) is 10.3 Å². The van der Waals surface area contributed by atoms with Crippen LogP contribution in [0.1, 0.15) is 5.56 Å². The number of methoxy groups -OCH3 is 1. The van der Waals surface area contributed by atoms with Gasteiger partial charge in [-0.1, -0.05) is 30.3 Å². The van der Waals surface area contributed by atoms with Crippen LogP contribution in [0.5, 0.6) is 0 Å². The van der Waals surface area contributed by atoms with Crippen LogP contribution >= 0.6 is 0 Å². The minimum atomic E-state index is 0.364. The molecule has 3 rings (SSSR count). The predicted molar refractivity (Wildman–Crippen MR) is 77.7 cm³/mol. The van der Waals surface area contributed by atoms with Crippen molar-refractivity contribution >= 4 is 11.7 Å². The van der Waals surface area contributed by atoms with E-state index in [0.717, 1.165) is 16.8 Å². The molecule has 0 atom stereocenters. The molecule has 0 amide bonds. The lowest BCUT2D eigenvalue weighted by Crippen LogP contribution is -2.22. The average Bonchev–Trinajstić information content (AvgIpc) is 2.97. The Morgan fingerprint density at radius 1 is 0.950 bits per heavy atom. The summed E-state index contributed by atoms with van der Waals surface area (Å²) in [5.41, 5.74) is 2.85. The molecule has 0 N–H and O–H groups in total. The topological polar surface area (TPSA) is 60.9 Å². The molecule has 1 radical (unpaired) electrons. The van der Waals surface area contributed by atoms with Gasteiger partial charge >= 0.3 is 0 Å². The SMILES string of the molecule is COCC1=NN=C(c2ccc(-c3ccccc3)nc2)[N]1. The van der Waals surface area contributed by atoms with E-state index in [1.165, 1.54) is 0 Å². The molecule has 0 bridgehead atoms. The van der Waals surface area contributed by atoms with Crippen molar-refractivity contribution < 1.29 is 4.74 Å². The number of nitrogens with zero attached hydrogens (tertiary/aromatic N) is 4. The van der Waals surface area contributed by atoms with Crippen LogP contribution in [-0.2, 0) is 4.74 Å². The Labute approximate surface area is 117 Å². The van der Waals surface area contributed by atoms with Gasteiger partial charge in [0.05, 0.1) is 5.69 Å². The molecule has 1 aliphatic heterocycles. The molecule has 2 aromatic rings. The van der Waals surface area contributed by atoms with E-state index in [9.17, 15) is 0 Å². The van der Waals surface area contributed by atoms with Gasteiger partial charge in [-0.05, 0) is 12.1 Å². The average molecular weight is 265 g/mol. The van der Waals surface area contributed by atoms with Gasteiger partial charge < -0.3 is 4.74 Å². The fourth-order valence-electron chi connectivity index (χ4n) is 1.89. The van der Waals surface area contributed by atoms with E-state index in [2.05, 4.69) is 20.5 Å². The first-order valence-corrected chi connectivity index (χ1v) is 6.24. The Hall–Kier alpha value is -2.53. The summed E-state index contributed by atoms with van der Waals surface area (Å²) in [6.45, 7) is 0.364. The maximum absolute atomic E-state index is 4.97. The Bertz CT molecular complexity index is 647. The second kappa shape index (κ2) is 5.63. The highest BCUT2D eigenvalue weighted by Crippen LogP contribution is 2.16. The molecule has 0 fully saturated rings. The highest BCUT2D eigenvalue weighted by atomic mass is 16.5. The summed E-state index contributed by atoms with van der Waals surface area (Å²) < 4.78 is 4.97. The van der Waals surface area contributed by atoms with E-state index >= 15 is 0 Å².